The smallest absolute Gasteiger partial charge is 0.376 e. The van der Waals surface area contributed by atoms with E-state index in [9.17, 15) is 18.3 Å². The van der Waals surface area contributed by atoms with Gasteiger partial charge >= 0.3 is 6.18 Å². The molecule has 84 valence electrons. The lowest BCUT2D eigenvalue weighted by molar-refractivity contribution is -0.267. The fourth-order valence-corrected chi connectivity index (χ4v) is 1.40. The van der Waals surface area contributed by atoms with Crippen molar-refractivity contribution in [2.45, 2.75) is 25.1 Å². The highest BCUT2D eigenvalue weighted by atomic mass is 35.5. The van der Waals surface area contributed by atoms with Gasteiger partial charge in [0.05, 0.1) is 0 Å². The van der Waals surface area contributed by atoms with E-state index < -0.39 is 18.2 Å². The van der Waals surface area contributed by atoms with Gasteiger partial charge < -0.3 is 5.11 Å². The zero-order valence-electron chi connectivity index (χ0n) is 7.85. The van der Waals surface area contributed by atoms with Crippen LogP contribution < -0.4 is 0 Å². The van der Waals surface area contributed by atoms with Crippen LogP contribution in [-0.4, -0.2) is 16.3 Å². The van der Waals surface area contributed by atoms with E-state index in [1.165, 1.54) is 6.92 Å². The number of rotatable bonds is 2. The summed E-state index contributed by atoms with van der Waals surface area (Å²) in [6.45, 7) is 1.25. The Labute approximate surface area is 89.7 Å². The lowest BCUT2D eigenvalue weighted by Gasteiger charge is -2.29. The molecule has 15 heavy (non-hydrogen) atoms. The topological polar surface area (TPSA) is 33.1 Å². The van der Waals surface area contributed by atoms with Crippen molar-refractivity contribution in [1.82, 2.24) is 4.98 Å². The summed E-state index contributed by atoms with van der Waals surface area (Å²) in [5.41, 5.74) is -3.16. The Morgan fingerprint density at radius 3 is 2.47 bits per heavy atom. The van der Waals surface area contributed by atoms with Crippen LogP contribution in [-0.2, 0) is 5.60 Å². The highest BCUT2D eigenvalue weighted by Crippen LogP contribution is 2.41. The first kappa shape index (κ1) is 12.3. The van der Waals surface area contributed by atoms with Gasteiger partial charge in [0.2, 0.25) is 0 Å². The molecule has 0 amide bonds. The minimum absolute atomic E-state index is 0.0800. The zero-order chi connectivity index (χ0) is 11.7. The number of aromatic nitrogens is 1. The fourth-order valence-electron chi connectivity index (χ4n) is 1.23. The number of alkyl halides is 3. The normalized spacial score (nSPS) is 16.1. The Morgan fingerprint density at radius 2 is 2.07 bits per heavy atom. The van der Waals surface area contributed by atoms with Gasteiger partial charge in [-0.2, -0.15) is 13.2 Å². The maximum atomic E-state index is 12.6. The van der Waals surface area contributed by atoms with Crippen molar-refractivity contribution in [3.05, 3.63) is 29.0 Å². The second-order valence-electron chi connectivity index (χ2n) is 3.08. The average molecular weight is 240 g/mol. The molecule has 2 nitrogen and oxygen atoms in total. The second kappa shape index (κ2) is 3.98. The number of hydrogen-bond acceptors (Lipinski definition) is 2. The summed E-state index contributed by atoms with van der Waals surface area (Å²) in [7, 11) is 0. The van der Waals surface area contributed by atoms with Gasteiger partial charge in [-0.1, -0.05) is 18.5 Å². The van der Waals surface area contributed by atoms with E-state index in [0.29, 0.717) is 0 Å². The quantitative estimate of drug-likeness (QED) is 0.805. The van der Waals surface area contributed by atoms with E-state index >= 15 is 0 Å². The Balaban J connectivity index is 3.23. The van der Waals surface area contributed by atoms with Crippen LogP contribution in [0.25, 0.3) is 0 Å². The molecule has 6 heteroatoms. The lowest BCUT2D eigenvalue weighted by Crippen LogP contribution is -2.41. The molecule has 0 aliphatic rings. The first-order valence-corrected chi connectivity index (χ1v) is 4.60. The molecule has 1 aromatic heterocycles. The summed E-state index contributed by atoms with van der Waals surface area (Å²) in [5.74, 6) is 0. The SMILES string of the molecule is CCC(O)(c1ccnc(Cl)c1)C(F)(F)F. The summed E-state index contributed by atoms with van der Waals surface area (Å²) >= 11 is 5.47. The van der Waals surface area contributed by atoms with E-state index in [1.54, 1.807) is 0 Å². The highest BCUT2D eigenvalue weighted by Gasteiger charge is 2.53. The molecular weight excluding hydrogens is 231 g/mol. The maximum absolute atomic E-state index is 12.6. The van der Waals surface area contributed by atoms with Crippen LogP contribution in [0.15, 0.2) is 18.3 Å². The van der Waals surface area contributed by atoms with Crippen LogP contribution in [0.1, 0.15) is 18.9 Å². The van der Waals surface area contributed by atoms with Crippen LogP contribution in [0, 0.1) is 0 Å². The van der Waals surface area contributed by atoms with Crippen molar-refractivity contribution in [3.8, 4) is 0 Å². The predicted molar refractivity (Wildman–Crippen MR) is 49.5 cm³/mol. The molecule has 1 unspecified atom stereocenters. The highest BCUT2D eigenvalue weighted by molar-refractivity contribution is 6.29. The second-order valence-corrected chi connectivity index (χ2v) is 3.47. The summed E-state index contributed by atoms with van der Waals surface area (Å²) in [5, 5.41) is 9.46. The van der Waals surface area contributed by atoms with Crippen LogP contribution >= 0.6 is 11.6 Å². The molecule has 0 fully saturated rings. The molecule has 1 N–H and O–H groups in total. The number of aliphatic hydroxyl groups is 1. The number of hydrogen-bond donors (Lipinski definition) is 1. The van der Waals surface area contributed by atoms with Gasteiger partial charge in [0.15, 0.2) is 5.60 Å². The Hall–Kier alpha value is -0.810. The van der Waals surface area contributed by atoms with E-state index in [-0.39, 0.29) is 10.7 Å². The van der Waals surface area contributed by atoms with Crippen LogP contribution in [0.5, 0.6) is 0 Å². The van der Waals surface area contributed by atoms with Crippen LogP contribution in [0.4, 0.5) is 13.2 Å². The molecule has 1 heterocycles. The summed E-state index contributed by atoms with van der Waals surface area (Å²) in [4.78, 5) is 3.56. The first-order valence-electron chi connectivity index (χ1n) is 4.22. The molecular formula is C9H9ClF3NO. The van der Waals surface area contributed by atoms with Crippen molar-refractivity contribution in [3.63, 3.8) is 0 Å². The lowest BCUT2D eigenvalue weighted by atomic mass is 9.91. The van der Waals surface area contributed by atoms with Crippen molar-refractivity contribution in [2.75, 3.05) is 0 Å². The molecule has 0 bridgehead atoms. The molecule has 1 aromatic rings. The van der Waals surface area contributed by atoms with Gasteiger partial charge in [0.25, 0.3) is 0 Å². The first-order chi connectivity index (χ1) is 6.81. The van der Waals surface area contributed by atoms with E-state index in [2.05, 4.69) is 4.98 Å². The van der Waals surface area contributed by atoms with Crippen molar-refractivity contribution in [2.24, 2.45) is 0 Å². The van der Waals surface area contributed by atoms with Gasteiger partial charge in [-0.3, -0.25) is 0 Å². The molecule has 0 spiro atoms. The Kier molecular flexibility index (Phi) is 3.25. The molecule has 0 saturated heterocycles. The summed E-state index contributed by atoms with van der Waals surface area (Å²) in [6.07, 6.45) is -4.08. The standard InChI is InChI=1S/C9H9ClF3NO/c1-2-8(15,9(11,12)13)6-3-4-14-7(10)5-6/h3-5,15H,2H2,1H3. The Bertz CT molecular complexity index is 355. The van der Waals surface area contributed by atoms with E-state index in [0.717, 1.165) is 18.3 Å². The van der Waals surface area contributed by atoms with Crippen LogP contribution in [0.3, 0.4) is 0 Å². The number of pyridine rings is 1. The molecule has 0 aliphatic carbocycles. The molecule has 0 aliphatic heterocycles. The van der Waals surface area contributed by atoms with Gasteiger partial charge in [-0.05, 0) is 24.1 Å². The van der Waals surface area contributed by atoms with Gasteiger partial charge in [-0.25, -0.2) is 4.98 Å². The third kappa shape index (κ3) is 2.23. The third-order valence-electron chi connectivity index (χ3n) is 2.18. The summed E-state index contributed by atoms with van der Waals surface area (Å²) < 4.78 is 37.8. The molecule has 1 atom stereocenters. The molecule has 0 saturated carbocycles. The van der Waals surface area contributed by atoms with E-state index in [1.807, 2.05) is 0 Å². The largest absolute Gasteiger partial charge is 0.421 e. The molecule has 0 aromatic carbocycles. The van der Waals surface area contributed by atoms with Crippen LogP contribution in [0.2, 0.25) is 5.15 Å². The van der Waals surface area contributed by atoms with Crippen molar-refractivity contribution >= 4 is 11.6 Å². The van der Waals surface area contributed by atoms with Crippen molar-refractivity contribution in [1.29, 1.82) is 0 Å². The van der Waals surface area contributed by atoms with Gasteiger partial charge in [-0.15, -0.1) is 0 Å². The van der Waals surface area contributed by atoms with Gasteiger partial charge in [0.1, 0.15) is 5.15 Å². The maximum Gasteiger partial charge on any atom is 0.421 e. The molecule has 1 rings (SSSR count). The third-order valence-corrected chi connectivity index (χ3v) is 2.39. The average Bonchev–Trinajstić information content (AvgIpc) is 2.14. The fraction of sp³-hybridized carbons (Fsp3) is 0.444. The molecule has 0 radical (unpaired) electrons. The summed E-state index contributed by atoms with van der Waals surface area (Å²) in [6, 6.07) is 2.11. The predicted octanol–water partition coefficient (Wildman–Crippen LogP) is 2.89. The number of halogens is 4. The number of nitrogens with zero attached hydrogens (tertiary/aromatic N) is 1. The minimum Gasteiger partial charge on any atom is -0.376 e. The van der Waals surface area contributed by atoms with Crippen molar-refractivity contribution < 1.29 is 18.3 Å². The zero-order valence-corrected chi connectivity index (χ0v) is 8.60. The monoisotopic (exact) mass is 239 g/mol. The minimum atomic E-state index is -4.73. The van der Waals surface area contributed by atoms with E-state index in [4.69, 9.17) is 11.6 Å². The Morgan fingerprint density at radius 1 is 1.47 bits per heavy atom. The van der Waals surface area contributed by atoms with Gasteiger partial charge in [0, 0.05) is 6.20 Å².